The Morgan fingerprint density at radius 3 is 2.57 bits per heavy atom. The number of nitrogens with zero attached hydrogens (tertiary/aromatic N) is 2. The molecule has 0 spiro atoms. The molecule has 0 aliphatic carbocycles. The van der Waals surface area contributed by atoms with Crippen LogP contribution < -0.4 is 0 Å². The number of benzene rings is 1. The predicted octanol–water partition coefficient (Wildman–Crippen LogP) is 3.08. The summed E-state index contributed by atoms with van der Waals surface area (Å²) in [5.74, 6) is 0.652. The molecule has 0 fully saturated rings. The maximum absolute atomic E-state index is 5.76. The fraction of sp³-hybridized carbons (Fsp3) is 0.111. The summed E-state index contributed by atoms with van der Waals surface area (Å²) >= 11 is 8.86. The average Bonchev–Trinajstić information content (AvgIpc) is 2.56. The van der Waals surface area contributed by atoms with E-state index in [-0.39, 0.29) is 0 Å². The summed E-state index contributed by atoms with van der Waals surface area (Å²) in [5, 5.41) is 4.49. The molecule has 1 aromatic heterocycles. The van der Waals surface area contributed by atoms with Crippen LogP contribution in [0, 0.1) is 0 Å². The van der Waals surface area contributed by atoms with Crippen molar-refractivity contribution in [2.75, 3.05) is 0 Å². The van der Waals surface area contributed by atoms with Gasteiger partial charge in [-0.15, -0.1) is 0 Å². The lowest BCUT2D eigenvalue weighted by atomic mass is 10.1. The number of hydrogen-bond donors (Lipinski definition) is 0. The molecule has 0 radical (unpaired) electrons. The van der Waals surface area contributed by atoms with Crippen LogP contribution in [-0.2, 0) is 6.42 Å². The Balaban J connectivity index is 2.15. The van der Waals surface area contributed by atoms with Crippen LogP contribution in [0.25, 0.3) is 0 Å². The van der Waals surface area contributed by atoms with E-state index in [1.807, 2.05) is 24.3 Å². The van der Waals surface area contributed by atoms with Gasteiger partial charge in [0.15, 0.2) is 5.82 Å². The normalized spacial score (nSPS) is 10.4. The Bertz CT molecular complexity index is 427. The largest absolute Gasteiger partial charge is 0.327 e. The van der Waals surface area contributed by atoms with Gasteiger partial charge in [-0.1, -0.05) is 28.9 Å². The third-order valence-corrected chi connectivity index (χ3v) is 2.29. The van der Waals surface area contributed by atoms with Crippen LogP contribution in [0.3, 0.4) is 0 Å². The van der Waals surface area contributed by atoms with E-state index in [0.717, 1.165) is 10.6 Å². The van der Waals surface area contributed by atoms with Crippen molar-refractivity contribution in [2.24, 2.45) is 0 Å². The van der Waals surface area contributed by atoms with Crippen LogP contribution in [0.1, 0.15) is 11.4 Å². The molecule has 0 amide bonds. The molecule has 0 aliphatic rings. The fourth-order valence-electron chi connectivity index (χ4n) is 1.09. The zero-order chi connectivity index (χ0) is 9.97. The van der Waals surface area contributed by atoms with Crippen molar-refractivity contribution >= 4 is 27.5 Å². The zero-order valence-corrected chi connectivity index (χ0v) is 9.42. The van der Waals surface area contributed by atoms with Gasteiger partial charge < -0.3 is 4.52 Å². The second-order valence-corrected chi connectivity index (χ2v) is 3.88. The molecule has 2 rings (SSSR count). The number of halogens is 2. The Morgan fingerprint density at radius 2 is 2.00 bits per heavy atom. The Morgan fingerprint density at radius 1 is 1.29 bits per heavy atom. The number of aromatic nitrogens is 2. The molecule has 0 aliphatic heterocycles. The van der Waals surface area contributed by atoms with Gasteiger partial charge >= 0.3 is 0 Å². The van der Waals surface area contributed by atoms with Crippen LogP contribution in [0.5, 0.6) is 0 Å². The van der Waals surface area contributed by atoms with Gasteiger partial charge in [-0.2, -0.15) is 4.98 Å². The molecule has 0 bridgehead atoms. The highest BCUT2D eigenvalue weighted by Crippen LogP contribution is 2.13. The Hall–Kier alpha value is -0.870. The lowest BCUT2D eigenvalue weighted by molar-refractivity contribution is 0.391. The number of hydrogen-bond acceptors (Lipinski definition) is 3. The van der Waals surface area contributed by atoms with E-state index in [0.29, 0.717) is 17.0 Å². The second kappa shape index (κ2) is 4.11. The minimum Gasteiger partial charge on any atom is -0.327 e. The van der Waals surface area contributed by atoms with Crippen molar-refractivity contribution in [1.82, 2.24) is 10.1 Å². The minimum absolute atomic E-state index is 0.404. The lowest BCUT2D eigenvalue weighted by Crippen LogP contribution is -1.89. The maximum atomic E-state index is 5.76. The molecule has 0 saturated carbocycles. The van der Waals surface area contributed by atoms with Crippen LogP contribution in [-0.4, -0.2) is 10.1 Å². The first-order chi connectivity index (χ1) is 6.74. The third kappa shape index (κ3) is 2.33. The molecule has 0 unspecified atom stereocenters. The van der Waals surface area contributed by atoms with Gasteiger partial charge in [-0.05, 0) is 17.7 Å². The van der Waals surface area contributed by atoms with Gasteiger partial charge in [-0.3, -0.25) is 0 Å². The smallest absolute Gasteiger partial charge is 0.293 e. The summed E-state index contributed by atoms with van der Waals surface area (Å²) in [6.45, 7) is 0. The SMILES string of the molecule is Clc1ccc(Cc2noc(Br)n2)cc1. The standard InChI is InChI=1S/C9H6BrClN2O/c10-9-12-8(13-14-9)5-6-1-3-7(11)4-2-6/h1-4H,5H2. The molecule has 14 heavy (non-hydrogen) atoms. The number of rotatable bonds is 2. The van der Waals surface area contributed by atoms with E-state index in [2.05, 4.69) is 26.1 Å². The lowest BCUT2D eigenvalue weighted by Gasteiger charge is -1.95. The van der Waals surface area contributed by atoms with Crippen molar-refractivity contribution in [1.29, 1.82) is 0 Å². The van der Waals surface area contributed by atoms with E-state index in [4.69, 9.17) is 16.1 Å². The van der Waals surface area contributed by atoms with E-state index in [9.17, 15) is 0 Å². The Kier molecular flexibility index (Phi) is 2.84. The van der Waals surface area contributed by atoms with Crippen LogP contribution >= 0.6 is 27.5 Å². The third-order valence-electron chi connectivity index (χ3n) is 1.72. The van der Waals surface area contributed by atoms with E-state index in [1.165, 1.54) is 0 Å². The predicted molar refractivity (Wildman–Crippen MR) is 56.3 cm³/mol. The van der Waals surface area contributed by atoms with Gasteiger partial charge in [0.2, 0.25) is 0 Å². The highest BCUT2D eigenvalue weighted by Gasteiger charge is 2.03. The minimum atomic E-state index is 0.404. The second-order valence-electron chi connectivity index (χ2n) is 2.77. The summed E-state index contributed by atoms with van der Waals surface area (Å²) in [7, 11) is 0. The van der Waals surface area contributed by atoms with Gasteiger partial charge in [0.1, 0.15) is 0 Å². The van der Waals surface area contributed by atoms with Crippen molar-refractivity contribution in [3.05, 3.63) is 45.5 Å². The topological polar surface area (TPSA) is 38.9 Å². The van der Waals surface area contributed by atoms with Crippen LogP contribution in [0.4, 0.5) is 0 Å². The molecule has 2 aromatic rings. The summed E-state index contributed by atoms with van der Waals surface area (Å²) in [6, 6.07) is 7.55. The summed E-state index contributed by atoms with van der Waals surface area (Å²) in [4.78, 5) is 4.44. The van der Waals surface area contributed by atoms with Crippen molar-refractivity contribution < 1.29 is 4.52 Å². The first kappa shape index (κ1) is 9.68. The quantitative estimate of drug-likeness (QED) is 0.844. The van der Waals surface area contributed by atoms with Crippen molar-refractivity contribution in [3.8, 4) is 0 Å². The summed E-state index contributed by atoms with van der Waals surface area (Å²) in [6.07, 6.45) is 0.645. The molecule has 1 aromatic carbocycles. The molecule has 1 heterocycles. The molecular formula is C9H6BrClN2O. The van der Waals surface area contributed by atoms with Gasteiger partial charge in [0.25, 0.3) is 4.80 Å². The molecule has 5 heteroatoms. The first-order valence-electron chi connectivity index (χ1n) is 3.96. The molecule has 3 nitrogen and oxygen atoms in total. The fourth-order valence-corrected chi connectivity index (χ4v) is 1.49. The van der Waals surface area contributed by atoms with Crippen LogP contribution in [0.15, 0.2) is 33.6 Å². The van der Waals surface area contributed by atoms with Crippen molar-refractivity contribution in [2.45, 2.75) is 6.42 Å². The van der Waals surface area contributed by atoms with E-state index < -0.39 is 0 Å². The van der Waals surface area contributed by atoms with Crippen molar-refractivity contribution in [3.63, 3.8) is 0 Å². The van der Waals surface area contributed by atoms with Gasteiger partial charge in [0.05, 0.1) is 0 Å². The van der Waals surface area contributed by atoms with E-state index in [1.54, 1.807) is 0 Å². The Labute approximate surface area is 94.2 Å². The summed E-state index contributed by atoms with van der Waals surface area (Å²) < 4.78 is 4.79. The highest BCUT2D eigenvalue weighted by atomic mass is 79.9. The highest BCUT2D eigenvalue weighted by molar-refractivity contribution is 9.10. The summed E-state index contributed by atoms with van der Waals surface area (Å²) in [5.41, 5.74) is 1.10. The molecular weight excluding hydrogens is 267 g/mol. The van der Waals surface area contributed by atoms with Crippen LogP contribution in [0.2, 0.25) is 5.02 Å². The molecule has 0 saturated heterocycles. The zero-order valence-electron chi connectivity index (χ0n) is 7.08. The van der Waals surface area contributed by atoms with Gasteiger partial charge in [0, 0.05) is 27.4 Å². The monoisotopic (exact) mass is 272 g/mol. The molecule has 72 valence electrons. The average molecular weight is 274 g/mol. The maximum Gasteiger partial charge on any atom is 0.293 e. The van der Waals surface area contributed by atoms with E-state index >= 15 is 0 Å². The van der Waals surface area contributed by atoms with Gasteiger partial charge in [-0.25, -0.2) is 0 Å². The first-order valence-corrected chi connectivity index (χ1v) is 5.13. The molecule has 0 atom stereocenters. The molecule has 0 N–H and O–H groups in total.